The second-order valence-electron chi connectivity index (χ2n) is 19.3. The van der Waals surface area contributed by atoms with E-state index in [1.165, 1.54) is 104 Å². The molecule has 0 nitrogen and oxygen atoms in total. The highest BCUT2D eigenvalue weighted by atomic mass is 14.6. The quantitative estimate of drug-likeness (QED) is 0.165. The van der Waals surface area contributed by atoms with Gasteiger partial charge < -0.3 is 0 Å². The van der Waals surface area contributed by atoms with Crippen molar-refractivity contribution in [3.8, 4) is 0 Å². The number of unbranched alkanes of at least 4 members (excludes halogenated alkanes) is 5. The third-order valence-electron chi connectivity index (χ3n) is 13.9. The standard InChI is InChI=1S/C53H68/c1-8-9-10-11-12-24-33-53(41-31-22-23-32-41,40-29-20-15-21-30-40)50-46-34-42(38-25-16-13-17-26-38)48(51(2,3)4)36-44(46)45-37-49(52(5,6)7)43(35-47(45)50)39-27-18-14-19-28-39/h13-21,25-30,34-37,41,44-47,50H,8-12,22-24,31-33H2,1-7H3. The number of benzene rings is 3. The predicted molar refractivity (Wildman–Crippen MR) is 229 cm³/mol. The van der Waals surface area contributed by atoms with Gasteiger partial charge in [-0.1, -0.05) is 215 Å². The maximum Gasteiger partial charge on any atom is 0.00211 e. The molecule has 3 aromatic rings. The molecule has 0 heterocycles. The minimum atomic E-state index is 0.0525. The summed E-state index contributed by atoms with van der Waals surface area (Å²) in [6, 6.07) is 34.9. The van der Waals surface area contributed by atoms with Crippen molar-refractivity contribution in [3.05, 3.63) is 143 Å². The van der Waals surface area contributed by atoms with Gasteiger partial charge >= 0.3 is 0 Å². The molecule has 0 heteroatoms. The van der Waals surface area contributed by atoms with Gasteiger partial charge in [0.05, 0.1) is 0 Å². The Hall–Kier alpha value is -3.38. The lowest BCUT2D eigenvalue weighted by molar-refractivity contribution is 0.105. The van der Waals surface area contributed by atoms with Crippen LogP contribution in [0.2, 0.25) is 0 Å². The monoisotopic (exact) mass is 705 g/mol. The maximum atomic E-state index is 2.85. The lowest BCUT2D eigenvalue weighted by Gasteiger charge is -2.50. The molecule has 0 bridgehead atoms. The predicted octanol–water partition coefficient (Wildman–Crippen LogP) is 15.1. The van der Waals surface area contributed by atoms with Crippen molar-refractivity contribution in [1.82, 2.24) is 0 Å². The molecule has 0 aliphatic heterocycles. The van der Waals surface area contributed by atoms with Crippen LogP contribution in [0.4, 0.5) is 0 Å². The van der Waals surface area contributed by atoms with Gasteiger partial charge in [-0.3, -0.25) is 0 Å². The Bertz CT molecular complexity index is 1680. The number of hydrogen-bond acceptors (Lipinski definition) is 0. The Labute approximate surface area is 324 Å². The first-order chi connectivity index (χ1) is 25.5. The molecule has 0 saturated heterocycles. The summed E-state index contributed by atoms with van der Waals surface area (Å²) in [4.78, 5) is 0. The first kappa shape index (κ1) is 37.9. The van der Waals surface area contributed by atoms with Crippen LogP contribution in [-0.4, -0.2) is 0 Å². The van der Waals surface area contributed by atoms with E-state index in [0.717, 1.165) is 0 Å². The minimum Gasteiger partial charge on any atom is -0.0758 e. The molecule has 4 aliphatic carbocycles. The lowest BCUT2D eigenvalue weighted by atomic mass is 9.53. The molecule has 0 N–H and O–H groups in total. The van der Waals surface area contributed by atoms with Gasteiger partial charge in [0.2, 0.25) is 0 Å². The molecule has 280 valence electrons. The summed E-state index contributed by atoms with van der Waals surface area (Å²) >= 11 is 0. The largest absolute Gasteiger partial charge is 0.0758 e. The molecule has 5 unspecified atom stereocenters. The summed E-state index contributed by atoms with van der Waals surface area (Å²) in [6.07, 6.45) is 26.2. The number of hydrogen-bond donors (Lipinski definition) is 0. The van der Waals surface area contributed by atoms with E-state index in [9.17, 15) is 0 Å². The Kier molecular flexibility index (Phi) is 11.3. The summed E-state index contributed by atoms with van der Waals surface area (Å²) < 4.78 is 0. The fraction of sp³-hybridized carbons (Fsp3) is 0.509. The first-order valence-corrected chi connectivity index (χ1v) is 21.6. The van der Waals surface area contributed by atoms with E-state index >= 15 is 0 Å². The summed E-state index contributed by atoms with van der Waals surface area (Å²) in [5.74, 6) is 3.13. The summed E-state index contributed by atoms with van der Waals surface area (Å²) in [5, 5.41) is 0. The maximum absolute atomic E-state index is 2.85. The van der Waals surface area contributed by atoms with E-state index in [1.54, 1.807) is 5.56 Å². The van der Waals surface area contributed by atoms with E-state index < -0.39 is 0 Å². The van der Waals surface area contributed by atoms with E-state index in [2.05, 4.69) is 164 Å². The van der Waals surface area contributed by atoms with Crippen molar-refractivity contribution < 1.29 is 0 Å². The SMILES string of the molecule is CCCCCCCCC(c1ccccc1)(C1CCCC1)C1C2C=C(c3ccccc3)C(C(C)(C)C)=CC2C2C=C(C(C)(C)C)C(c3ccccc3)=CC21. The topological polar surface area (TPSA) is 0 Å². The van der Waals surface area contributed by atoms with Gasteiger partial charge in [-0.05, 0) is 105 Å². The van der Waals surface area contributed by atoms with Gasteiger partial charge in [0.25, 0.3) is 0 Å². The van der Waals surface area contributed by atoms with Gasteiger partial charge in [-0.2, -0.15) is 0 Å². The molecule has 0 aromatic heterocycles. The van der Waals surface area contributed by atoms with Crippen molar-refractivity contribution in [2.75, 3.05) is 0 Å². The minimum absolute atomic E-state index is 0.0525. The number of rotatable bonds is 12. The van der Waals surface area contributed by atoms with Crippen LogP contribution in [0.3, 0.4) is 0 Å². The van der Waals surface area contributed by atoms with Crippen molar-refractivity contribution >= 4 is 11.1 Å². The highest BCUT2D eigenvalue weighted by Crippen LogP contribution is 2.66. The third kappa shape index (κ3) is 7.51. The summed E-state index contributed by atoms with van der Waals surface area (Å²) in [5.41, 5.74) is 10.7. The lowest BCUT2D eigenvalue weighted by Crippen LogP contribution is -2.46. The van der Waals surface area contributed by atoms with Gasteiger partial charge in [0, 0.05) is 5.41 Å². The zero-order valence-electron chi connectivity index (χ0n) is 34.2. The summed E-state index contributed by atoms with van der Waals surface area (Å²) in [7, 11) is 0. The van der Waals surface area contributed by atoms with Crippen molar-refractivity contribution in [2.45, 2.75) is 125 Å². The fourth-order valence-electron chi connectivity index (χ4n) is 11.6. The highest BCUT2D eigenvalue weighted by molar-refractivity contribution is 5.84. The Morgan fingerprint density at radius 1 is 0.491 bits per heavy atom. The Morgan fingerprint density at radius 3 is 1.38 bits per heavy atom. The molecular formula is C53H68. The van der Waals surface area contributed by atoms with Crippen molar-refractivity contribution in [3.63, 3.8) is 0 Å². The molecule has 3 aromatic carbocycles. The van der Waals surface area contributed by atoms with Crippen molar-refractivity contribution in [1.29, 1.82) is 0 Å². The fourth-order valence-corrected chi connectivity index (χ4v) is 11.6. The normalized spacial score (nSPS) is 25.8. The first-order valence-electron chi connectivity index (χ1n) is 21.6. The van der Waals surface area contributed by atoms with Gasteiger partial charge in [0.1, 0.15) is 0 Å². The molecule has 4 aliphatic rings. The van der Waals surface area contributed by atoms with Crippen LogP contribution in [0.5, 0.6) is 0 Å². The van der Waals surface area contributed by atoms with E-state index in [4.69, 9.17) is 0 Å². The Balaban J connectivity index is 1.48. The molecule has 0 spiro atoms. The molecule has 0 amide bonds. The van der Waals surface area contributed by atoms with Gasteiger partial charge in [0.15, 0.2) is 0 Å². The zero-order chi connectivity index (χ0) is 37.2. The van der Waals surface area contributed by atoms with Crippen LogP contribution in [0.1, 0.15) is 136 Å². The van der Waals surface area contributed by atoms with Crippen LogP contribution >= 0.6 is 0 Å². The van der Waals surface area contributed by atoms with E-state index in [-0.39, 0.29) is 16.2 Å². The van der Waals surface area contributed by atoms with Crippen molar-refractivity contribution in [2.24, 2.45) is 46.3 Å². The molecule has 53 heavy (non-hydrogen) atoms. The average molecular weight is 705 g/mol. The smallest absolute Gasteiger partial charge is 0.00211 e. The molecule has 5 atom stereocenters. The molecule has 2 saturated carbocycles. The van der Waals surface area contributed by atoms with Gasteiger partial charge in [-0.25, -0.2) is 0 Å². The third-order valence-corrected chi connectivity index (χ3v) is 13.9. The second kappa shape index (κ2) is 15.8. The molecule has 7 rings (SSSR count). The number of fused-ring (bicyclic) bond motifs is 3. The van der Waals surface area contributed by atoms with Crippen LogP contribution in [-0.2, 0) is 5.41 Å². The summed E-state index contributed by atoms with van der Waals surface area (Å²) in [6.45, 7) is 17.0. The highest BCUT2D eigenvalue weighted by Gasteiger charge is 2.60. The van der Waals surface area contributed by atoms with E-state index in [1.807, 2.05) is 0 Å². The number of allylic oxidation sites excluding steroid dienone is 8. The zero-order valence-corrected chi connectivity index (χ0v) is 34.2. The molecular weight excluding hydrogens is 637 g/mol. The average Bonchev–Trinajstić information content (AvgIpc) is 3.81. The van der Waals surface area contributed by atoms with Crippen LogP contribution < -0.4 is 0 Å². The van der Waals surface area contributed by atoms with Gasteiger partial charge in [-0.15, -0.1) is 0 Å². The Morgan fingerprint density at radius 2 is 0.925 bits per heavy atom. The second-order valence-corrected chi connectivity index (χ2v) is 19.3. The van der Waals surface area contributed by atoms with Crippen LogP contribution in [0.15, 0.2) is 126 Å². The molecule has 0 radical (unpaired) electrons. The van der Waals surface area contributed by atoms with Crippen LogP contribution in [0.25, 0.3) is 11.1 Å². The van der Waals surface area contributed by atoms with E-state index in [0.29, 0.717) is 35.5 Å². The molecule has 2 fully saturated rings. The van der Waals surface area contributed by atoms with Crippen LogP contribution in [0, 0.1) is 46.3 Å².